The van der Waals surface area contributed by atoms with E-state index in [9.17, 15) is 18.4 Å². The molecule has 0 saturated carbocycles. The zero-order chi connectivity index (χ0) is 21.0. The van der Waals surface area contributed by atoms with Gasteiger partial charge < -0.3 is 14.9 Å². The fourth-order valence-electron chi connectivity index (χ4n) is 4.51. The number of pyridine rings is 1. The number of rotatable bonds is 2. The molecule has 0 spiro atoms. The second-order valence-corrected chi connectivity index (χ2v) is 7.77. The standard InChI is InChI=1S/C23H19F2N3O2/c1-28(23(30)19-10-12-9-13(24)6-8-17(12)26-19)20-4-2-3-18-21(20)15-7-5-14(25)11-16(15)22(29)27-18/h5-11,20,26H,2-4H2,1H3,(H,27,29). The van der Waals surface area contributed by atoms with E-state index >= 15 is 0 Å². The minimum atomic E-state index is -0.477. The van der Waals surface area contributed by atoms with Crippen molar-refractivity contribution < 1.29 is 13.6 Å². The molecule has 0 aliphatic heterocycles. The van der Waals surface area contributed by atoms with Gasteiger partial charge in [-0.1, -0.05) is 6.07 Å². The number of benzene rings is 2. The number of aromatic nitrogens is 2. The third-order valence-corrected chi connectivity index (χ3v) is 5.94. The second-order valence-electron chi connectivity index (χ2n) is 7.77. The zero-order valence-corrected chi connectivity index (χ0v) is 16.3. The molecule has 1 aliphatic rings. The van der Waals surface area contributed by atoms with Crippen molar-refractivity contribution in [3.63, 3.8) is 0 Å². The van der Waals surface area contributed by atoms with Crippen molar-refractivity contribution in [2.75, 3.05) is 7.05 Å². The Kier molecular flexibility index (Phi) is 4.20. The minimum Gasteiger partial charge on any atom is -0.351 e. The highest BCUT2D eigenvalue weighted by Crippen LogP contribution is 2.37. The average molecular weight is 407 g/mol. The van der Waals surface area contributed by atoms with Gasteiger partial charge in [0, 0.05) is 29.2 Å². The van der Waals surface area contributed by atoms with E-state index in [1.54, 1.807) is 30.1 Å². The number of carbonyl (C=O) groups excluding carboxylic acids is 1. The lowest BCUT2D eigenvalue weighted by Crippen LogP contribution is -2.34. The van der Waals surface area contributed by atoms with Crippen LogP contribution in [0.3, 0.4) is 0 Å². The predicted octanol–water partition coefficient (Wildman–Crippen LogP) is 4.44. The molecule has 0 fully saturated rings. The Labute approximate surface area is 170 Å². The Bertz CT molecular complexity index is 1370. The van der Waals surface area contributed by atoms with Gasteiger partial charge >= 0.3 is 0 Å². The molecular weight excluding hydrogens is 388 g/mol. The first-order valence-corrected chi connectivity index (χ1v) is 9.82. The Hall–Kier alpha value is -3.48. The highest BCUT2D eigenvalue weighted by molar-refractivity contribution is 5.98. The van der Waals surface area contributed by atoms with Crippen molar-refractivity contribution in [1.29, 1.82) is 0 Å². The number of halogens is 2. The SMILES string of the molecule is CN(C(=O)c1cc2cc(F)ccc2[nH]1)C1CCCc2[nH]c(=O)c3cc(F)ccc3c21. The summed E-state index contributed by atoms with van der Waals surface area (Å²) in [5.41, 5.74) is 2.37. The molecule has 1 amide bonds. The van der Waals surface area contributed by atoms with E-state index in [2.05, 4.69) is 9.97 Å². The number of amides is 1. The van der Waals surface area contributed by atoms with Crippen molar-refractivity contribution in [1.82, 2.24) is 14.9 Å². The Morgan fingerprint density at radius 2 is 1.80 bits per heavy atom. The van der Waals surface area contributed by atoms with Gasteiger partial charge in [-0.2, -0.15) is 0 Å². The van der Waals surface area contributed by atoms with E-state index in [1.807, 2.05) is 0 Å². The normalized spacial score (nSPS) is 16.0. The summed E-state index contributed by atoms with van der Waals surface area (Å²) in [6.45, 7) is 0. The number of aromatic amines is 2. The molecule has 0 radical (unpaired) electrons. The Balaban J connectivity index is 1.59. The molecule has 5 nitrogen and oxygen atoms in total. The molecule has 152 valence electrons. The topological polar surface area (TPSA) is 69.0 Å². The first kappa shape index (κ1) is 18.5. The molecule has 2 heterocycles. The summed E-state index contributed by atoms with van der Waals surface area (Å²) in [5, 5.41) is 1.57. The third kappa shape index (κ3) is 2.89. The summed E-state index contributed by atoms with van der Waals surface area (Å²) >= 11 is 0. The van der Waals surface area contributed by atoms with Crippen LogP contribution in [0.5, 0.6) is 0 Å². The second kappa shape index (κ2) is 6.79. The van der Waals surface area contributed by atoms with Gasteiger partial charge in [0.1, 0.15) is 17.3 Å². The number of nitrogens with zero attached hydrogens (tertiary/aromatic N) is 1. The van der Waals surface area contributed by atoms with E-state index in [-0.39, 0.29) is 28.7 Å². The summed E-state index contributed by atoms with van der Waals surface area (Å²) < 4.78 is 27.2. The monoisotopic (exact) mass is 407 g/mol. The molecule has 4 aromatic rings. The number of aryl methyl sites for hydroxylation is 1. The lowest BCUT2D eigenvalue weighted by molar-refractivity contribution is 0.0710. The molecular formula is C23H19F2N3O2. The van der Waals surface area contributed by atoms with E-state index in [0.29, 0.717) is 28.4 Å². The van der Waals surface area contributed by atoms with E-state index in [0.717, 1.165) is 24.1 Å². The Morgan fingerprint density at radius 1 is 1.03 bits per heavy atom. The van der Waals surface area contributed by atoms with Crippen LogP contribution in [0.1, 0.15) is 40.6 Å². The van der Waals surface area contributed by atoms with Crippen molar-refractivity contribution in [2.24, 2.45) is 0 Å². The lowest BCUT2D eigenvalue weighted by atomic mass is 9.86. The number of hydrogen-bond donors (Lipinski definition) is 2. The first-order chi connectivity index (χ1) is 14.4. The summed E-state index contributed by atoms with van der Waals surface area (Å²) in [7, 11) is 1.72. The van der Waals surface area contributed by atoms with Crippen LogP contribution in [0, 0.1) is 11.6 Å². The maximum atomic E-state index is 13.7. The van der Waals surface area contributed by atoms with Crippen LogP contribution in [0.15, 0.2) is 47.3 Å². The fraction of sp³-hybridized carbons (Fsp3) is 0.217. The van der Waals surface area contributed by atoms with E-state index in [1.165, 1.54) is 24.3 Å². The van der Waals surface area contributed by atoms with Crippen molar-refractivity contribution in [3.05, 3.63) is 81.4 Å². The summed E-state index contributed by atoms with van der Waals surface area (Å²) in [6, 6.07) is 9.87. The molecule has 7 heteroatoms. The van der Waals surface area contributed by atoms with Crippen LogP contribution in [0.25, 0.3) is 21.7 Å². The maximum Gasteiger partial charge on any atom is 0.270 e. The minimum absolute atomic E-state index is 0.231. The van der Waals surface area contributed by atoms with E-state index < -0.39 is 5.82 Å². The van der Waals surface area contributed by atoms with Crippen LogP contribution >= 0.6 is 0 Å². The lowest BCUT2D eigenvalue weighted by Gasteiger charge is -2.33. The van der Waals surface area contributed by atoms with Crippen molar-refractivity contribution in [3.8, 4) is 0 Å². The maximum absolute atomic E-state index is 13.7. The molecule has 2 aromatic carbocycles. The largest absolute Gasteiger partial charge is 0.351 e. The molecule has 1 aliphatic carbocycles. The van der Waals surface area contributed by atoms with Gasteiger partial charge in [0.15, 0.2) is 0 Å². The van der Waals surface area contributed by atoms with Crippen LogP contribution in [0.2, 0.25) is 0 Å². The van der Waals surface area contributed by atoms with Gasteiger partial charge in [-0.15, -0.1) is 0 Å². The van der Waals surface area contributed by atoms with Gasteiger partial charge in [-0.25, -0.2) is 8.78 Å². The molecule has 2 N–H and O–H groups in total. The van der Waals surface area contributed by atoms with E-state index in [4.69, 9.17) is 0 Å². The fourth-order valence-corrected chi connectivity index (χ4v) is 4.51. The van der Waals surface area contributed by atoms with Crippen molar-refractivity contribution in [2.45, 2.75) is 25.3 Å². The van der Waals surface area contributed by atoms with Gasteiger partial charge in [-0.05, 0) is 61.0 Å². The smallest absolute Gasteiger partial charge is 0.270 e. The third-order valence-electron chi connectivity index (χ3n) is 5.94. The molecule has 1 atom stereocenters. The molecule has 2 aromatic heterocycles. The average Bonchev–Trinajstić information content (AvgIpc) is 3.15. The molecule has 0 bridgehead atoms. The number of carbonyl (C=O) groups is 1. The molecule has 30 heavy (non-hydrogen) atoms. The number of H-pyrrole nitrogens is 2. The van der Waals surface area contributed by atoms with Gasteiger partial charge in [0.25, 0.3) is 11.5 Å². The predicted molar refractivity (Wildman–Crippen MR) is 111 cm³/mol. The zero-order valence-electron chi connectivity index (χ0n) is 16.3. The first-order valence-electron chi connectivity index (χ1n) is 9.82. The molecule has 0 saturated heterocycles. The number of fused-ring (bicyclic) bond motifs is 4. The highest BCUT2D eigenvalue weighted by atomic mass is 19.1. The molecule has 1 unspecified atom stereocenters. The summed E-state index contributed by atoms with van der Waals surface area (Å²) in [6.07, 6.45) is 2.24. The van der Waals surface area contributed by atoms with Gasteiger partial charge in [0.2, 0.25) is 0 Å². The number of hydrogen-bond acceptors (Lipinski definition) is 2. The van der Waals surface area contributed by atoms with Gasteiger partial charge in [0.05, 0.1) is 11.4 Å². The van der Waals surface area contributed by atoms with Gasteiger partial charge in [-0.3, -0.25) is 9.59 Å². The van der Waals surface area contributed by atoms with Crippen LogP contribution in [-0.2, 0) is 6.42 Å². The van der Waals surface area contributed by atoms with Crippen LogP contribution in [0.4, 0.5) is 8.78 Å². The van der Waals surface area contributed by atoms with Crippen LogP contribution < -0.4 is 5.56 Å². The van der Waals surface area contributed by atoms with Crippen molar-refractivity contribution >= 4 is 27.6 Å². The summed E-state index contributed by atoms with van der Waals surface area (Å²) in [4.78, 5) is 33.2. The number of nitrogens with one attached hydrogen (secondary N) is 2. The molecule has 5 rings (SSSR count). The van der Waals surface area contributed by atoms with Crippen LogP contribution in [-0.4, -0.2) is 27.8 Å². The quantitative estimate of drug-likeness (QED) is 0.516. The summed E-state index contributed by atoms with van der Waals surface area (Å²) in [5.74, 6) is -1.07. The Morgan fingerprint density at radius 3 is 2.63 bits per heavy atom. The highest BCUT2D eigenvalue weighted by Gasteiger charge is 2.30.